The van der Waals surface area contributed by atoms with Crippen molar-refractivity contribution in [2.24, 2.45) is 5.73 Å². The van der Waals surface area contributed by atoms with Crippen molar-refractivity contribution in [1.29, 1.82) is 0 Å². The van der Waals surface area contributed by atoms with Gasteiger partial charge >= 0.3 is 0 Å². The minimum atomic E-state index is 0.284. The first-order valence-electron chi connectivity index (χ1n) is 5.27. The fourth-order valence-electron chi connectivity index (χ4n) is 1.85. The van der Waals surface area contributed by atoms with E-state index in [2.05, 4.69) is 19.1 Å². The third kappa shape index (κ3) is 2.00. The van der Waals surface area contributed by atoms with Gasteiger partial charge in [0.1, 0.15) is 0 Å². The quantitative estimate of drug-likeness (QED) is 0.833. The van der Waals surface area contributed by atoms with Crippen LogP contribution in [0.25, 0.3) is 0 Å². The summed E-state index contributed by atoms with van der Waals surface area (Å²) in [5, 5.41) is 0. The molecule has 1 aliphatic heterocycles. The minimum absolute atomic E-state index is 0.284. The molecule has 0 aromatic carbocycles. The zero-order valence-corrected chi connectivity index (χ0v) is 9.35. The summed E-state index contributed by atoms with van der Waals surface area (Å²) in [6, 6.07) is 4.41. The SMILES string of the molecule is CCc1ccc(C2CCC(CN)O2)s1. The van der Waals surface area contributed by atoms with Gasteiger partial charge in [0, 0.05) is 16.3 Å². The number of hydrogen-bond acceptors (Lipinski definition) is 3. The van der Waals surface area contributed by atoms with Gasteiger partial charge < -0.3 is 10.5 Å². The molecule has 0 radical (unpaired) electrons. The minimum Gasteiger partial charge on any atom is -0.368 e. The molecule has 14 heavy (non-hydrogen) atoms. The third-order valence-corrected chi connectivity index (χ3v) is 4.04. The largest absolute Gasteiger partial charge is 0.368 e. The number of aryl methyl sites for hydroxylation is 1. The Morgan fingerprint density at radius 2 is 2.36 bits per heavy atom. The van der Waals surface area contributed by atoms with Crippen LogP contribution in [0, 0.1) is 0 Å². The molecule has 2 N–H and O–H groups in total. The number of hydrogen-bond donors (Lipinski definition) is 1. The first-order chi connectivity index (χ1) is 6.83. The molecule has 0 aliphatic carbocycles. The molecule has 2 atom stereocenters. The highest BCUT2D eigenvalue weighted by molar-refractivity contribution is 7.12. The predicted molar refractivity (Wildman–Crippen MR) is 59.6 cm³/mol. The van der Waals surface area contributed by atoms with Crippen LogP contribution < -0.4 is 5.73 Å². The Balaban J connectivity index is 2.02. The fraction of sp³-hybridized carbons (Fsp3) is 0.636. The van der Waals surface area contributed by atoms with Gasteiger partial charge in [0.2, 0.25) is 0 Å². The predicted octanol–water partition coefficient (Wildman–Crippen LogP) is 2.49. The van der Waals surface area contributed by atoms with Gasteiger partial charge in [-0.3, -0.25) is 0 Å². The van der Waals surface area contributed by atoms with E-state index in [1.165, 1.54) is 9.75 Å². The Morgan fingerprint density at radius 1 is 1.50 bits per heavy atom. The van der Waals surface area contributed by atoms with Crippen LogP contribution in [0.15, 0.2) is 12.1 Å². The van der Waals surface area contributed by atoms with Gasteiger partial charge in [-0.15, -0.1) is 11.3 Å². The summed E-state index contributed by atoms with van der Waals surface area (Å²) in [7, 11) is 0. The van der Waals surface area contributed by atoms with Crippen LogP contribution in [0.2, 0.25) is 0 Å². The third-order valence-electron chi connectivity index (χ3n) is 2.72. The standard InChI is InChI=1S/C11H17NOS/c1-2-9-4-6-11(14-9)10-5-3-8(7-12)13-10/h4,6,8,10H,2-3,5,7,12H2,1H3. The molecule has 0 bridgehead atoms. The lowest BCUT2D eigenvalue weighted by molar-refractivity contribution is 0.0519. The average molecular weight is 211 g/mol. The van der Waals surface area contributed by atoms with E-state index in [0.29, 0.717) is 12.6 Å². The van der Waals surface area contributed by atoms with Crippen LogP contribution in [0.4, 0.5) is 0 Å². The molecule has 1 saturated heterocycles. The van der Waals surface area contributed by atoms with Gasteiger partial charge in [0.05, 0.1) is 12.2 Å². The van der Waals surface area contributed by atoms with Gasteiger partial charge in [-0.2, -0.15) is 0 Å². The lowest BCUT2D eigenvalue weighted by atomic mass is 10.2. The van der Waals surface area contributed by atoms with Crippen LogP contribution in [0.5, 0.6) is 0 Å². The van der Waals surface area contributed by atoms with Gasteiger partial charge in [0.25, 0.3) is 0 Å². The topological polar surface area (TPSA) is 35.2 Å². The van der Waals surface area contributed by atoms with Crippen molar-refractivity contribution in [2.75, 3.05) is 6.54 Å². The van der Waals surface area contributed by atoms with Crippen molar-refractivity contribution in [2.45, 2.75) is 38.4 Å². The molecule has 3 heteroatoms. The number of nitrogens with two attached hydrogens (primary N) is 1. The van der Waals surface area contributed by atoms with Crippen molar-refractivity contribution < 1.29 is 4.74 Å². The van der Waals surface area contributed by atoms with E-state index in [-0.39, 0.29) is 6.10 Å². The van der Waals surface area contributed by atoms with Crippen molar-refractivity contribution >= 4 is 11.3 Å². The molecule has 1 fully saturated rings. The second-order valence-electron chi connectivity index (χ2n) is 3.72. The summed E-state index contributed by atoms with van der Waals surface area (Å²) in [4.78, 5) is 2.82. The van der Waals surface area contributed by atoms with Crippen LogP contribution >= 0.6 is 11.3 Å². The fourth-order valence-corrected chi connectivity index (χ4v) is 2.87. The molecule has 78 valence electrons. The average Bonchev–Trinajstić information content (AvgIpc) is 2.86. The van der Waals surface area contributed by atoms with Crippen LogP contribution in [0.1, 0.15) is 35.6 Å². The smallest absolute Gasteiger partial charge is 0.0922 e. The molecule has 2 unspecified atom stereocenters. The van der Waals surface area contributed by atoms with Crippen molar-refractivity contribution in [3.05, 3.63) is 21.9 Å². The van der Waals surface area contributed by atoms with Crippen molar-refractivity contribution in [1.82, 2.24) is 0 Å². The molecule has 1 aliphatic rings. The van der Waals surface area contributed by atoms with Crippen molar-refractivity contribution in [3.63, 3.8) is 0 Å². The maximum Gasteiger partial charge on any atom is 0.0922 e. The Labute approximate surface area is 89.1 Å². The van der Waals surface area contributed by atoms with E-state index in [1.807, 2.05) is 11.3 Å². The van der Waals surface area contributed by atoms with E-state index in [1.54, 1.807) is 0 Å². The van der Waals surface area contributed by atoms with E-state index in [4.69, 9.17) is 10.5 Å². The highest BCUT2D eigenvalue weighted by atomic mass is 32.1. The first kappa shape index (κ1) is 10.1. The lowest BCUT2D eigenvalue weighted by Gasteiger charge is -2.09. The molecule has 2 heterocycles. The molecule has 1 aromatic heterocycles. The number of thiophene rings is 1. The first-order valence-corrected chi connectivity index (χ1v) is 6.09. The Kier molecular flexibility index (Phi) is 3.21. The van der Waals surface area contributed by atoms with Gasteiger partial charge in [0.15, 0.2) is 0 Å². The van der Waals surface area contributed by atoms with Gasteiger partial charge in [-0.1, -0.05) is 6.92 Å². The second-order valence-corrected chi connectivity index (χ2v) is 4.92. The molecular weight excluding hydrogens is 194 g/mol. The monoisotopic (exact) mass is 211 g/mol. The molecule has 2 rings (SSSR count). The normalized spacial score (nSPS) is 27.0. The van der Waals surface area contributed by atoms with Gasteiger partial charge in [-0.25, -0.2) is 0 Å². The Morgan fingerprint density at radius 3 is 2.93 bits per heavy atom. The van der Waals surface area contributed by atoms with E-state index in [0.717, 1.165) is 19.3 Å². The maximum atomic E-state index is 5.84. The molecule has 2 nitrogen and oxygen atoms in total. The van der Waals surface area contributed by atoms with Gasteiger partial charge in [-0.05, 0) is 31.4 Å². The summed E-state index contributed by atoms with van der Waals surface area (Å²) in [5.74, 6) is 0. The zero-order valence-electron chi connectivity index (χ0n) is 8.53. The Bertz CT molecular complexity index is 297. The van der Waals surface area contributed by atoms with E-state index >= 15 is 0 Å². The second kappa shape index (κ2) is 4.43. The number of ether oxygens (including phenoxy) is 1. The zero-order chi connectivity index (χ0) is 9.97. The van der Waals surface area contributed by atoms with Crippen molar-refractivity contribution in [3.8, 4) is 0 Å². The van der Waals surface area contributed by atoms with Crippen LogP contribution in [-0.2, 0) is 11.2 Å². The van der Waals surface area contributed by atoms with E-state index in [9.17, 15) is 0 Å². The summed E-state index contributed by atoms with van der Waals surface area (Å²) < 4.78 is 5.84. The molecule has 0 saturated carbocycles. The molecule has 1 aromatic rings. The lowest BCUT2D eigenvalue weighted by Crippen LogP contribution is -2.18. The highest BCUT2D eigenvalue weighted by Gasteiger charge is 2.26. The molecular formula is C11H17NOS. The van der Waals surface area contributed by atoms with E-state index < -0.39 is 0 Å². The van der Waals surface area contributed by atoms with Crippen LogP contribution in [-0.4, -0.2) is 12.6 Å². The maximum absolute atomic E-state index is 5.84. The molecule has 0 amide bonds. The summed E-state index contributed by atoms with van der Waals surface area (Å²) in [6.45, 7) is 2.84. The summed E-state index contributed by atoms with van der Waals surface area (Å²) in [5.41, 5.74) is 5.58. The number of rotatable bonds is 3. The summed E-state index contributed by atoms with van der Waals surface area (Å²) in [6.07, 6.45) is 3.96. The summed E-state index contributed by atoms with van der Waals surface area (Å²) >= 11 is 1.88. The molecule has 0 spiro atoms. The van der Waals surface area contributed by atoms with Crippen LogP contribution in [0.3, 0.4) is 0 Å². The highest BCUT2D eigenvalue weighted by Crippen LogP contribution is 2.36. The Hall–Kier alpha value is -0.380.